The molecule has 1 saturated heterocycles. The van der Waals surface area contributed by atoms with Gasteiger partial charge in [-0.05, 0) is 36.6 Å². The van der Waals surface area contributed by atoms with Crippen molar-refractivity contribution in [3.05, 3.63) is 30.1 Å². The van der Waals surface area contributed by atoms with Gasteiger partial charge in [0.2, 0.25) is 0 Å². The molecule has 4 nitrogen and oxygen atoms in total. The Morgan fingerprint density at radius 2 is 2.26 bits per heavy atom. The van der Waals surface area contributed by atoms with Crippen LogP contribution in [-0.2, 0) is 11.3 Å². The van der Waals surface area contributed by atoms with Crippen molar-refractivity contribution in [3.8, 4) is 0 Å². The van der Waals surface area contributed by atoms with Crippen molar-refractivity contribution >= 4 is 0 Å². The van der Waals surface area contributed by atoms with E-state index in [9.17, 15) is 0 Å². The van der Waals surface area contributed by atoms with E-state index in [1.807, 2.05) is 12.4 Å². The molecule has 0 amide bonds. The van der Waals surface area contributed by atoms with Crippen LogP contribution in [0, 0.1) is 5.92 Å². The zero-order valence-electron chi connectivity index (χ0n) is 11.8. The highest BCUT2D eigenvalue weighted by Crippen LogP contribution is 2.10. The Balaban J connectivity index is 1.62. The van der Waals surface area contributed by atoms with Crippen LogP contribution in [0.25, 0.3) is 0 Å². The first-order valence-electron chi connectivity index (χ1n) is 7.28. The quantitative estimate of drug-likeness (QED) is 0.722. The molecule has 0 aromatic carbocycles. The second kappa shape index (κ2) is 8.25. The summed E-state index contributed by atoms with van der Waals surface area (Å²) in [6.07, 6.45) is 4.94. The predicted octanol–water partition coefficient (Wildman–Crippen LogP) is 1.53. The Bertz CT molecular complexity index is 339. The molecule has 1 aromatic rings. The van der Waals surface area contributed by atoms with E-state index in [0.717, 1.165) is 51.9 Å². The maximum absolute atomic E-state index is 5.38. The number of hydrogen-bond donors (Lipinski definition) is 1. The Morgan fingerprint density at radius 3 is 2.95 bits per heavy atom. The van der Waals surface area contributed by atoms with Crippen molar-refractivity contribution in [1.29, 1.82) is 0 Å². The molecule has 1 aliphatic heterocycles. The van der Waals surface area contributed by atoms with E-state index in [1.54, 1.807) is 0 Å². The highest BCUT2D eigenvalue weighted by Gasteiger charge is 2.14. The molecule has 0 saturated carbocycles. The van der Waals surface area contributed by atoms with Crippen LogP contribution in [0.3, 0.4) is 0 Å². The van der Waals surface area contributed by atoms with E-state index >= 15 is 0 Å². The molecule has 1 fully saturated rings. The summed E-state index contributed by atoms with van der Waals surface area (Å²) in [4.78, 5) is 6.51. The van der Waals surface area contributed by atoms with Gasteiger partial charge in [0.15, 0.2) is 0 Å². The summed E-state index contributed by atoms with van der Waals surface area (Å²) in [5.41, 5.74) is 1.33. The minimum Gasteiger partial charge on any atom is -0.381 e. The number of likely N-dealkylation sites (N-methyl/N-ethyl adjacent to an activating group) is 1. The minimum atomic E-state index is 0.718. The van der Waals surface area contributed by atoms with Crippen molar-refractivity contribution in [3.63, 3.8) is 0 Å². The zero-order valence-corrected chi connectivity index (χ0v) is 11.8. The first-order chi connectivity index (χ1) is 9.38. The van der Waals surface area contributed by atoms with Crippen molar-refractivity contribution < 1.29 is 4.74 Å². The number of nitrogens with zero attached hydrogens (tertiary/aromatic N) is 2. The van der Waals surface area contributed by atoms with E-state index in [-0.39, 0.29) is 0 Å². The molecule has 0 radical (unpaired) electrons. The molecule has 1 unspecified atom stereocenters. The van der Waals surface area contributed by atoms with Crippen LogP contribution in [0.2, 0.25) is 0 Å². The number of rotatable bonds is 8. The molecule has 1 atom stereocenters. The van der Waals surface area contributed by atoms with Gasteiger partial charge >= 0.3 is 0 Å². The minimum absolute atomic E-state index is 0.718. The fourth-order valence-corrected chi connectivity index (χ4v) is 2.38. The normalized spacial score (nSPS) is 19.2. The number of nitrogens with one attached hydrogen (secondary N) is 1. The Morgan fingerprint density at radius 1 is 1.42 bits per heavy atom. The molecule has 4 heteroatoms. The van der Waals surface area contributed by atoms with Crippen LogP contribution in [0.5, 0.6) is 0 Å². The lowest BCUT2D eigenvalue weighted by molar-refractivity contribution is 0.185. The van der Waals surface area contributed by atoms with Crippen LogP contribution in [0.4, 0.5) is 0 Å². The fraction of sp³-hybridized carbons (Fsp3) is 0.667. The molecular weight excluding hydrogens is 238 g/mol. The fourth-order valence-electron chi connectivity index (χ4n) is 2.38. The maximum atomic E-state index is 5.38. The third-order valence-electron chi connectivity index (χ3n) is 3.66. The smallest absolute Gasteiger partial charge is 0.0507 e. The Labute approximate surface area is 116 Å². The van der Waals surface area contributed by atoms with E-state index < -0.39 is 0 Å². The number of aromatic nitrogens is 1. The van der Waals surface area contributed by atoms with Crippen LogP contribution >= 0.6 is 0 Å². The summed E-state index contributed by atoms with van der Waals surface area (Å²) in [5, 5.41) is 3.54. The van der Waals surface area contributed by atoms with Gasteiger partial charge in [-0.25, -0.2) is 0 Å². The molecule has 19 heavy (non-hydrogen) atoms. The summed E-state index contributed by atoms with van der Waals surface area (Å²) in [7, 11) is 0. The van der Waals surface area contributed by atoms with Crippen molar-refractivity contribution in [1.82, 2.24) is 15.2 Å². The van der Waals surface area contributed by atoms with Gasteiger partial charge in [0.05, 0.1) is 6.61 Å². The van der Waals surface area contributed by atoms with E-state index in [0.29, 0.717) is 0 Å². The molecule has 1 N–H and O–H groups in total. The molecular formula is C15H25N3O. The first kappa shape index (κ1) is 14.4. The average Bonchev–Trinajstić information content (AvgIpc) is 2.96. The van der Waals surface area contributed by atoms with E-state index in [4.69, 9.17) is 4.74 Å². The Kier molecular flexibility index (Phi) is 6.27. The molecule has 0 bridgehead atoms. The third-order valence-corrected chi connectivity index (χ3v) is 3.66. The highest BCUT2D eigenvalue weighted by molar-refractivity contribution is 5.09. The third kappa shape index (κ3) is 5.27. The molecule has 2 rings (SSSR count). The zero-order chi connectivity index (χ0) is 13.3. The molecule has 2 heterocycles. The summed E-state index contributed by atoms with van der Waals surface area (Å²) in [6.45, 7) is 9.40. The van der Waals surface area contributed by atoms with Crippen molar-refractivity contribution in [2.24, 2.45) is 5.92 Å². The van der Waals surface area contributed by atoms with E-state index in [1.165, 1.54) is 12.0 Å². The Hall–Kier alpha value is -0.970. The number of ether oxygens (including phenoxy) is 1. The average molecular weight is 263 g/mol. The lowest BCUT2D eigenvalue weighted by atomic mass is 10.1. The number of pyridine rings is 1. The first-order valence-corrected chi connectivity index (χ1v) is 7.28. The van der Waals surface area contributed by atoms with Crippen LogP contribution in [0.15, 0.2) is 24.5 Å². The summed E-state index contributed by atoms with van der Waals surface area (Å²) in [6, 6.07) is 4.18. The lowest BCUT2D eigenvalue weighted by Crippen LogP contribution is -2.34. The van der Waals surface area contributed by atoms with Crippen LogP contribution in [0.1, 0.15) is 18.9 Å². The summed E-state index contributed by atoms with van der Waals surface area (Å²) >= 11 is 0. The predicted molar refractivity (Wildman–Crippen MR) is 77.0 cm³/mol. The van der Waals surface area contributed by atoms with Gasteiger partial charge in [0, 0.05) is 45.2 Å². The second-order valence-electron chi connectivity index (χ2n) is 5.16. The van der Waals surface area contributed by atoms with Gasteiger partial charge < -0.3 is 10.1 Å². The monoisotopic (exact) mass is 263 g/mol. The van der Waals surface area contributed by atoms with Crippen LogP contribution in [-0.4, -0.2) is 49.3 Å². The molecule has 0 spiro atoms. The molecule has 1 aromatic heterocycles. The number of hydrogen-bond acceptors (Lipinski definition) is 4. The molecule has 106 valence electrons. The maximum Gasteiger partial charge on any atom is 0.0507 e. The SMILES string of the molecule is CCN(CCNCC1CCOC1)Cc1ccncc1. The van der Waals surface area contributed by atoms with Gasteiger partial charge in [-0.3, -0.25) is 9.88 Å². The molecule has 1 aliphatic rings. The van der Waals surface area contributed by atoms with Crippen LogP contribution < -0.4 is 5.32 Å². The largest absolute Gasteiger partial charge is 0.381 e. The van der Waals surface area contributed by atoms with Crippen molar-refractivity contribution in [2.45, 2.75) is 19.9 Å². The highest BCUT2D eigenvalue weighted by atomic mass is 16.5. The van der Waals surface area contributed by atoms with Crippen molar-refractivity contribution in [2.75, 3.05) is 39.4 Å². The van der Waals surface area contributed by atoms with Gasteiger partial charge in [-0.2, -0.15) is 0 Å². The molecule has 0 aliphatic carbocycles. The summed E-state index contributed by atoms with van der Waals surface area (Å²) < 4.78 is 5.38. The van der Waals surface area contributed by atoms with Gasteiger partial charge in [-0.1, -0.05) is 6.92 Å². The van der Waals surface area contributed by atoms with Gasteiger partial charge in [0.1, 0.15) is 0 Å². The topological polar surface area (TPSA) is 37.4 Å². The van der Waals surface area contributed by atoms with Gasteiger partial charge in [0.25, 0.3) is 0 Å². The van der Waals surface area contributed by atoms with E-state index in [2.05, 4.69) is 34.3 Å². The standard InChI is InChI=1S/C15H25N3O/c1-2-18(12-14-3-6-16-7-4-14)9-8-17-11-15-5-10-19-13-15/h3-4,6-7,15,17H,2,5,8-13H2,1H3. The second-order valence-corrected chi connectivity index (χ2v) is 5.16. The summed E-state index contributed by atoms with van der Waals surface area (Å²) in [5.74, 6) is 0.718. The lowest BCUT2D eigenvalue weighted by Gasteiger charge is -2.21. The van der Waals surface area contributed by atoms with Gasteiger partial charge in [-0.15, -0.1) is 0 Å².